The Bertz CT molecular complexity index is 1490. The first-order valence-electron chi connectivity index (χ1n) is 10.7. The van der Waals surface area contributed by atoms with Crippen LogP contribution in [0.25, 0.3) is 11.0 Å². The monoisotopic (exact) mass is 487 g/mol. The molecule has 4 rings (SSSR count). The zero-order valence-corrected chi connectivity index (χ0v) is 19.9. The lowest BCUT2D eigenvalue weighted by Gasteiger charge is -2.26. The van der Waals surface area contributed by atoms with E-state index in [4.69, 9.17) is 4.74 Å². The first-order valence-corrected chi connectivity index (χ1v) is 12.2. The average Bonchev–Trinajstić information content (AvgIpc) is 2.86. The smallest absolute Gasteiger partial charge is 0.332 e. The van der Waals surface area contributed by atoms with Gasteiger partial charge in [0.15, 0.2) is 5.65 Å². The number of nitrogens with zero attached hydrogens (tertiary/aromatic N) is 4. The van der Waals surface area contributed by atoms with Crippen LogP contribution in [0.3, 0.4) is 0 Å². The number of hydrogen-bond donors (Lipinski definition) is 1. The van der Waals surface area contributed by atoms with Crippen LogP contribution >= 0.6 is 0 Å². The quantitative estimate of drug-likeness (QED) is 0.553. The number of morpholine rings is 1. The molecule has 0 radical (unpaired) electrons. The van der Waals surface area contributed by atoms with Gasteiger partial charge in [0.1, 0.15) is 5.39 Å². The van der Waals surface area contributed by atoms with E-state index in [0.717, 1.165) is 4.57 Å². The number of benzene rings is 1. The van der Waals surface area contributed by atoms with Crippen LogP contribution in [0, 0.1) is 0 Å². The minimum atomic E-state index is -3.69. The number of hydrogen-bond acceptors (Lipinski definition) is 7. The van der Waals surface area contributed by atoms with Crippen LogP contribution in [0.5, 0.6) is 0 Å². The normalized spacial score (nSPS) is 14.9. The number of ether oxygens (including phenoxy) is 1. The summed E-state index contributed by atoms with van der Waals surface area (Å²) in [4.78, 5) is 42.6. The number of sulfonamides is 1. The Balaban J connectivity index is 1.70. The van der Waals surface area contributed by atoms with Crippen molar-refractivity contribution in [1.82, 2.24) is 18.4 Å². The maximum atomic E-state index is 13.1. The third-order valence-corrected chi connectivity index (χ3v) is 7.80. The van der Waals surface area contributed by atoms with Crippen LogP contribution in [0.2, 0.25) is 0 Å². The van der Waals surface area contributed by atoms with E-state index in [1.807, 2.05) is 6.92 Å². The maximum absolute atomic E-state index is 13.1. The Morgan fingerprint density at radius 2 is 1.74 bits per heavy atom. The van der Waals surface area contributed by atoms with Crippen molar-refractivity contribution in [3.8, 4) is 0 Å². The van der Waals surface area contributed by atoms with E-state index in [1.165, 1.54) is 53.4 Å². The molecule has 12 heteroatoms. The zero-order valence-electron chi connectivity index (χ0n) is 19.1. The molecule has 1 fully saturated rings. The molecule has 1 aliphatic heterocycles. The number of amides is 1. The number of pyridine rings is 1. The zero-order chi connectivity index (χ0) is 24.6. The Morgan fingerprint density at radius 3 is 2.35 bits per heavy atom. The lowest BCUT2D eigenvalue weighted by atomic mass is 10.1. The molecule has 180 valence electrons. The second-order valence-corrected chi connectivity index (χ2v) is 9.85. The summed E-state index contributed by atoms with van der Waals surface area (Å²) in [5, 5.41) is 2.90. The van der Waals surface area contributed by atoms with Crippen LogP contribution in [-0.4, -0.2) is 59.1 Å². The molecule has 0 aliphatic carbocycles. The molecule has 1 N–H and O–H groups in total. The molecule has 1 amide bonds. The number of aryl methyl sites for hydroxylation is 2. The third-order valence-electron chi connectivity index (χ3n) is 5.89. The molecule has 1 aromatic carbocycles. The predicted octanol–water partition coefficient (Wildman–Crippen LogP) is 0.468. The maximum Gasteiger partial charge on any atom is 0.332 e. The summed E-state index contributed by atoms with van der Waals surface area (Å²) in [5.74, 6) is -0.520. The van der Waals surface area contributed by atoms with Crippen LogP contribution in [0.1, 0.15) is 22.8 Å². The van der Waals surface area contributed by atoms with Crippen molar-refractivity contribution in [3.05, 3.63) is 62.4 Å². The van der Waals surface area contributed by atoms with Gasteiger partial charge in [-0.05, 0) is 36.2 Å². The Labute approximate surface area is 195 Å². The molecule has 3 aromatic rings. The lowest BCUT2D eigenvalue weighted by molar-refractivity contribution is 0.0730. The van der Waals surface area contributed by atoms with E-state index in [2.05, 4.69) is 10.3 Å². The van der Waals surface area contributed by atoms with E-state index in [-0.39, 0.29) is 40.3 Å². The molecule has 0 saturated carbocycles. The van der Waals surface area contributed by atoms with Crippen LogP contribution < -0.4 is 16.6 Å². The molecule has 1 saturated heterocycles. The first-order chi connectivity index (χ1) is 16.2. The van der Waals surface area contributed by atoms with E-state index >= 15 is 0 Å². The SMILES string of the molecule is CCc1cnc2c(c1NC(=O)c1ccc(S(=O)(=O)N3CCOCC3)cc1)c(=O)n(C)c(=O)n2C. The molecule has 0 unspecified atom stereocenters. The number of carbonyl (C=O) groups excluding carboxylic acids is 1. The Morgan fingerprint density at radius 1 is 1.09 bits per heavy atom. The fourth-order valence-electron chi connectivity index (χ4n) is 3.88. The van der Waals surface area contributed by atoms with Gasteiger partial charge in [0.2, 0.25) is 10.0 Å². The van der Waals surface area contributed by atoms with Gasteiger partial charge in [0.25, 0.3) is 11.5 Å². The van der Waals surface area contributed by atoms with Crippen LogP contribution in [-0.2, 0) is 35.3 Å². The largest absolute Gasteiger partial charge is 0.379 e. The van der Waals surface area contributed by atoms with Gasteiger partial charge in [0, 0.05) is 38.9 Å². The molecule has 0 bridgehead atoms. The van der Waals surface area contributed by atoms with E-state index < -0.39 is 27.2 Å². The molecular formula is C22H25N5O6S. The van der Waals surface area contributed by atoms with E-state index in [9.17, 15) is 22.8 Å². The predicted molar refractivity (Wildman–Crippen MR) is 126 cm³/mol. The van der Waals surface area contributed by atoms with Crippen molar-refractivity contribution in [2.75, 3.05) is 31.6 Å². The number of aromatic nitrogens is 3. The summed E-state index contributed by atoms with van der Waals surface area (Å²) in [6.07, 6.45) is 2.01. The van der Waals surface area contributed by atoms with Gasteiger partial charge in [-0.15, -0.1) is 0 Å². The van der Waals surface area contributed by atoms with Crippen molar-refractivity contribution >= 4 is 32.7 Å². The van der Waals surface area contributed by atoms with Gasteiger partial charge in [-0.25, -0.2) is 18.2 Å². The summed E-state index contributed by atoms with van der Waals surface area (Å²) in [5.41, 5.74) is 0.190. The van der Waals surface area contributed by atoms with Crippen LogP contribution in [0.15, 0.2) is 44.9 Å². The fraction of sp³-hybridized carbons (Fsp3) is 0.364. The molecule has 2 aromatic heterocycles. The van der Waals surface area contributed by atoms with Crippen molar-refractivity contribution in [2.24, 2.45) is 14.1 Å². The standard InChI is InChI=1S/C22H25N5O6S/c1-4-14-13-23-19-17(21(29)26(3)22(30)25(19)2)18(14)24-20(28)15-5-7-16(8-6-15)34(31,32)27-9-11-33-12-10-27/h5-8,13H,4,9-12H2,1-3H3,(H,23,24,28). The lowest BCUT2D eigenvalue weighted by Crippen LogP contribution is -2.40. The van der Waals surface area contributed by atoms with Crippen molar-refractivity contribution in [3.63, 3.8) is 0 Å². The molecule has 0 atom stereocenters. The Kier molecular flexibility index (Phi) is 6.39. The van der Waals surface area contributed by atoms with Gasteiger partial charge in [0.05, 0.1) is 23.8 Å². The molecule has 1 aliphatic rings. The number of fused-ring (bicyclic) bond motifs is 1. The summed E-state index contributed by atoms with van der Waals surface area (Å²) < 4.78 is 34.4. The topological polar surface area (TPSA) is 133 Å². The van der Waals surface area contributed by atoms with Crippen molar-refractivity contribution in [2.45, 2.75) is 18.2 Å². The van der Waals surface area contributed by atoms with Crippen LogP contribution in [0.4, 0.5) is 5.69 Å². The second-order valence-electron chi connectivity index (χ2n) is 7.91. The number of nitrogens with one attached hydrogen (secondary N) is 1. The molecule has 34 heavy (non-hydrogen) atoms. The van der Waals surface area contributed by atoms with Gasteiger partial charge in [-0.1, -0.05) is 6.92 Å². The first kappa shape index (κ1) is 23.8. The van der Waals surface area contributed by atoms with Gasteiger partial charge in [-0.3, -0.25) is 18.7 Å². The number of carbonyl (C=O) groups is 1. The van der Waals surface area contributed by atoms with Gasteiger partial charge < -0.3 is 10.1 Å². The Hall–Kier alpha value is -3.35. The molecule has 0 spiro atoms. The van der Waals surface area contributed by atoms with Crippen molar-refractivity contribution in [1.29, 1.82) is 0 Å². The minimum Gasteiger partial charge on any atom is -0.379 e. The average molecular weight is 488 g/mol. The highest BCUT2D eigenvalue weighted by atomic mass is 32.2. The molecular weight excluding hydrogens is 462 g/mol. The molecule has 11 nitrogen and oxygen atoms in total. The highest BCUT2D eigenvalue weighted by molar-refractivity contribution is 7.89. The number of anilines is 1. The fourth-order valence-corrected chi connectivity index (χ4v) is 5.29. The van der Waals surface area contributed by atoms with Crippen molar-refractivity contribution < 1.29 is 17.9 Å². The summed E-state index contributed by atoms with van der Waals surface area (Å²) in [6, 6.07) is 5.61. The third kappa shape index (κ3) is 4.04. The number of rotatable bonds is 5. The second kappa shape index (κ2) is 9.12. The molecule has 3 heterocycles. The highest BCUT2D eigenvalue weighted by Gasteiger charge is 2.26. The summed E-state index contributed by atoms with van der Waals surface area (Å²) in [7, 11) is -0.820. The van der Waals surface area contributed by atoms with E-state index in [1.54, 1.807) is 0 Å². The van der Waals surface area contributed by atoms with Gasteiger partial charge >= 0.3 is 5.69 Å². The van der Waals surface area contributed by atoms with E-state index in [0.29, 0.717) is 25.2 Å². The summed E-state index contributed by atoms with van der Waals surface area (Å²) in [6.45, 7) is 3.08. The summed E-state index contributed by atoms with van der Waals surface area (Å²) >= 11 is 0. The minimum absolute atomic E-state index is 0.0819. The highest BCUT2D eigenvalue weighted by Crippen LogP contribution is 2.24. The van der Waals surface area contributed by atoms with Gasteiger partial charge in [-0.2, -0.15) is 4.31 Å².